The van der Waals surface area contributed by atoms with Gasteiger partial charge in [0.15, 0.2) is 12.4 Å². The second-order valence-corrected chi connectivity index (χ2v) is 4.33. The minimum atomic E-state index is -0.276. The summed E-state index contributed by atoms with van der Waals surface area (Å²) in [4.78, 5) is 22.9. The van der Waals surface area contributed by atoms with Crippen LogP contribution in [0.15, 0.2) is 41.0 Å². The molecule has 1 aliphatic rings. The number of anilines is 1. The Hall–Kier alpha value is -2.76. The molecule has 2 aromatic rings. The molecule has 0 unspecified atom stereocenters. The van der Waals surface area contributed by atoms with Crippen molar-refractivity contribution in [2.45, 2.75) is 6.54 Å². The lowest BCUT2D eigenvalue weighted by Crippen LogP contribution is -2.26. The van der Waals surface area contributed by atoms with E-state index in [1.165, 1.54) is 6.26 Å². The van der Waals surface area contributed by atoms with Crippen LogP contribution in [0.4, 0.5) is 5.69 Å². The van der Waals surface area contributed by atoms with Gasteiger partial charge in [-0.2, -0.15) is 0 Å². The lowest BCUT2D eigenvalue weighted by Gasteiger charge is -2.18. The monoisotopic (exact) mass is 272 g/mol. The molecular formula is C14H12N2O4. The highest BCUT2D eigenvalue weighted by atomic mass is 16.5. The quantitative estimate of drug-likeness (QED) is 0.888. The van der Waals surface area contributed by atoms with E-state index >= 15 is 0 Å². The third kappa shape index (κ3) is 2.49. The van der Waals surface area contributed by atoms with E-state index in [2.05, 4.69) is 10.6 Å². The maximum Gasteiger partial charge on any atom is 0.287 e. The van der Waals surface area contributed by atoms with Crippen molar-refractivity contribution < 1.29 is 18.7 Å². The number of nitrogens with one attached hydrogen (secondary N) is 2. The smallest absolute Gasteiger partial charge is 0.287 e. The average molecular weight is 272 g/mol. The minimum absolute atomic E-state index is 0.00913. The van der Waals surface area contributed by atoms with E-state index in [-0.39, 0.29) is 24.2 Å². The Bertz CT molecular complexity index is 649. The Morgan fingerprint density at radius 1 is 1.35 bits per heavy atom. The number of hydrogen-bond donors (Lipinski definition) is 2. The van der Waals surface area contributed by atoms with E-state index in [0.717, 1.165) is 5.56 Å². The zero-order chi connectivity index (χ0) is 13.9. The van der Waals surface area contributed by atoms with E-state index < -0.39 is 0 Å². The van der Waals surface area contributed by atoms with E-state index in [9.17, 15) is 9.59 Å². The number of carbonyl (C=O) groups is 2. The molecule has 102 valence electrons. The molecule has 2 amide bonds. The largest absolute Gasteiger partial charge is 0.482 e. The number of hydrogen-bond acceptors (Lipinski definition) is 4. The van der Waals surface area contributed by atoms with Crippen molar-refractivity contribution in [3.8, 4) is 5.75 Å². The Morgan fingerprint density at radius 2 is 2.25 bits per heavy atom. The van der Waals surface area contributed by atoms with Gasteiger partial charge in [0.1, 0.15) is 5.75 Å². The van der Waals surface area contributed by atoms with Gasteiger partial charge in [-0.15, -0.1) is 0 Å². The molecule has 0 saturated heterocycles. The maximum atomic E-state index is 11.7. The van der Waals surface area contributed by atoms with Gasteiger partial charge in [-0.05, 0) is 29.8 Å². The van der Waals surface area contributed by atoms with Gasteiger partial charge < -0.3 is 19.8 Å². The van der Waals surface area contributed by atoms with Crippen LogP contribution in [0.1, 0.15) is 16.1 Å². The third-order valence-electron chi connectivity index (χ3n) is 2.88. The molecule has 6 heteroatoms. The molecule has 0 aliphatic carbocycles. The second kappa shape index (κ2) is 5.08. The van der Waals surface area contributed by atoms with Crippen LogP contribution in [0.25, 0.3) is 0 Å². The molecule has 0 saturated carbocycles. The topological polar surface area (TPSA) is 80.6 Å². The predicted molar refractivity (Wildman–Crippen MR) is 70.4 cm³/mol. The van der Waals surface area contributed by atoms with Crippen LogP contribution in [0.3, 0.4) is 0 Å². The van der Waals surface area contributed by atoms with E-state index in [4.69, 9.17) is 9.15 Å². The predicted octanol–water partition coefficient (Wildman–Crippen LogP) is 1.54. The molecule has 2 N–H and O–H groups in total. The van der Waals surface area contributed by atoms with Crippen LogP contribution >= 0.6 is 0 Å². The Balaban J connectivity index is 1.67. The van der Waals surface area contributed by atoms with E-state index in [0.29, 0.717) is 18.0 Å². The standard InChI is InChI=1S/C14H12N2O4/c17-13-8-20-12-6-9(3-4-10(12)16-13)7-15-14(18)11-2-1-5-19-11/h1-6H,7-8H2,(H,15,18)(H,16,17). The summed E-state index contributed by atoms with van der Waals surface area (Å²) in [5, 5.41) is 5.45. The fourth-order valence-electron chi connectivity index (χ4n) is 1.91. The first-order chi connectivity index (χ1) is 9.72. The van der Waals surface area contributed by atoms with Crippen molar-refractivity contribution in [1.82, 2.24) is 5.32 Å². The summed E-state index contributed by atoms with van der Waals surface area (Å²) in [5.74, 6) is 0.430. The number of ether oxygens (including phenoxy) is 1. The van der Waals surface area contributed by atoms with Crippen LogP contribution in [-0.2, 0) is 11.3 Å². The molecular weight excluding hydrogens is 260 g/mol. The molecule has 1 aromatic carbocycles. The van der Waals surface area contributed by atoms with Crippen LogP contribution < -0.4 is 15.4 Å². The number of fused-ring (bicyclic) bond motifs is 1. The third-order valence-corrected chi connectivity index (χ3v) is 2.88. The summed E-state index contributed by atoms with van der Waals surface area (Å²) < 4.78 is 10.3. The summed E-state index contributed by atoms with van der Waals surface area (Å²) in [6, 6.07) is 8.61. The summed E-state index contributed by atoms with van der Waals surface area (Å²) in [6.45, 7) is 0.360. The van der Waals surface area contributed by atoms with Gasteiger partial charge in [-0.3, -0.25) is 9.59 Å². The molecule has 1 aromatic heterocycles. The molecule has 20 heavy (non-hydrogen) atoms. The van der Waals surface area contributed by atoms with Gasteiger partial charge in [0.25, 0.3) is 11.8 Å². The first kappa shape index (κ1) is 12.3. The van der Waals surface area contributed by atoms with Gasteiger partial charge in [-0.25, -0.2) is 0 Å². The molecule has 2 heterocycles. The first-order valence-electron chi connectivity index (χ1n) is 6.09. The van der Waals surface area contributed by atoms with Gasteiger partial charge in [0.05, 0.1) is 12.0 Å². The molecule has 1 aliphatic heterocycles. The molecule has 0 bridgehead atoms. The summed E-state index contributed by atoms with van der Waals surface area (Å²) in [7, 11) is 0. The maximum absolute atomic E-state index is 11.7. The van der Waals surface area contributed by atoms with Crippen molar-refractivity contribution in [3.05, 3.63) is 47.9 Å². The minimum Gasteiger partial charge on any atom is -0.482 e. The second-order valence-electron chi connectivity index (χ2n) is 4.33. The van der Waals surface area contributed by atoms with Crippen molar-refractivity contribution in [2.75, 3.05) is 11.9 Å². The van der Waals surface area contributed by atoms with Crippen molar-refractivity contribution in [2.24, 2.45) is 0 Å². The fraction of sp³-hybridized carbons (Fsp3) is 0.143. The lowest BCUT2D eigenvalue weighted by atomic mass is 10.1. The molecule has 0 fully saturated rings. The highest BCUT2D eigenvalue weighted by Crippen LogP contribution is 2.28. The normalized spacial score (nSPS) is 13.1. The van der Waals surface area contributed by atoms with Crippen molar-refractivity contribution in [1.29, 1.82) is 0 Å². The summed E-state index contributed by atoms with van der Waals surface area (Å²) in [6.07, 6.45) is 1.45. The Labute approximate surface area is 114 Å². The molecule has 6 nitrogen and oxygen atoms in total. The lowest BCUT2D eigenvalue weighted by molar-refractivity contribution is -0.118. The molecule has 0 atom stereocenters. The SMILES string of the molecule is O=C1COc2cc(CNC(=O)c3ccco3)ccc2N1. The Morgan fingerprint density at radius 3 is 3.05 bits per heavy atom. The van der Waals surface area contributed by atoms with Gasteiger partial charge >= 0.3 is 0 Å². The zero-order valence-corrected chi connectivity index (χ0v) is 10.5. The van der Waals surface area contributed by atoms with E-state index in [1.54, 1.807) is 24.3 Å². The number of rotatable bonds is 3. The van der Waals surface area contributed by atoms with Crippen LogP contribution in [-0.4, -0.2) is 18.4 Å². The highest BCUT2D eigenvalue weighted by Gasteiger charge is 2.16. The number of amides is 2. The molecule has 0 spiro atoms. The molecule has 0 radical (unpaired) electrons. The average Bonchev–Trinajstić information content (AvgIpc) is 2.99. The van der Waals surface area contributed by atoms with Crippen LogP contribution in [0.5, 0.6) is 5.75 Å². The van der Waals surface area contributed by atoms with Gasteiger partial charge in [-0.1, -0.05) is 6.07 Å². The number of furan rings is 1. The number of benzene rings is 1. The number of carbonyl (C=O) groups excluding carboxylic acids is 2. The highest BCUT2D eigenvalue weighted by molar-refractivity contribution is 5.95. The molecule has 3 rings (SSSR count). The van der Waals surface area contributed by atoms with Gasteiger partial charge in [0.2, 0.25) is 0 Å². The van der Waals surface area contributed by atoms with Gasteiger partial charge in [0, 0.05) is 6.54 Å². The first-order valence-corrected chi connectivity index (χ1v) is 6.09. The van der Waals surface area contributed by atoms with Crippen LogP contribution in [0, 0.1) is 0 Å². The van der Waals surface area contributed by atoms with E-state index in [1.807, 2.05) is 6.07 Å². The fourth-order valence-corrected chi connectivity index (χ4v) is 1.91. The Kier molecular flexibility index (Phi) is 3.12. The summed E-state index contributed by atoms with van der Waals surface area (Å²) in [5.41, 5.74) is 1.52. The van der Waals surface area contributed by atoms with Crippen molar-refractivity contribution >= 4 is 17.5 Å². The summed E-state index contributed by atoms with van der Waals surface area (Å²) >= 11 is 0. The van der Waals surface area contributed by atoms with Crippen molar-refractivity contribution in [3.63, 3.8) is 0 Å². The zero-order valence-electron chi connectivity index (χ0n) is 10.5. The van der Waals surface area contributed by atoms with Crippen LogP contribution in [0.2, 0.25) is 0 Å².